The van der Waals surface area contributed by atoms with Gasteiger partial charge < -0.3 is 4.90 Å². The van der Waals surface area contributed by atoms with E-state index in [1.807, 2.05) is 18.3 Å². The predicted molar refractivity (Wildman–Crippen MR) is 247 cm³/mol. The number of pyridine rings is 1. The molecule has 2 aliphatic heterocycles. The van der Waals surface area contributed by atoms with E-state index in [2.05, 4.69) is 144 Å². The van der Waals surface area contributed by atoms with E-state index < -0.39 is 0 Å². The van der Waals surface area contributed by atoms with Gasteiger partial charge in [-0.3, -0.25) is 4.90 Å². The van der Waals surface area contributed by atoms with Crippen LogP contribution in [0.25, 0.3) is 16.0 Å². The van der Waals surface area contributed by atoms with E-state index in [9.17, 15) is 0 Å². The predicted octanol–water partition coefficient (Wildman–Crippen LogP) is 15.0. The number of anilines is 6. The van der Waals surface area contributed by atoms with Crippen LogP contribution in [-0.4, -0.2) is 4.98 Å². The van der Waals surface area contributed by atoms with Gasteiger partial charge in [-0.25, -0.2) is 9.83 Å². The van der Waals surface area contributed by atoms with Crippen LogP contribution in [0.2, 0.25) is 0 Å². The van der Waals surface area contributed by atoms with Gasteiger partial charge in [-0.15, -0.1) is 0 Å². The third kappa shape index (κ3) is 5.21. The highest BCUT2D eigenvalue weighted by Gasteiger charge is 2.40. The minimum absolute atomic E-state index is 0.635. The first kappa shape index (κ1) is 39.2. The van der Waals surface area contributed by atoms with Gasteiger partial charge in [0.25, 0.3) is 0 Å². The summed E-state index contributed by atoms with van der Waals surface area (Å²) in [5.74, 6) is 0.889. The highest BCUT2D eigenvalue weighted by Crippen LogP contribution is 2.59. The second kappa shape index (κ2) is 13.7. The first-order chi connectivity index (χ1) is 27.5. The average molecular weight is 763 g/mol. The van der Waals surface area contributed by atoms with Crippen molar-refractivity contribution in [3.8, 4) is 11.1 Å². The molecule has 8 rings (SSSR count). The van der Waals surface area contributed by atoms with Gasteiger partial charge in [0.2, 0.25) is 0 Å². The molecule has 0 atom stereocenters. The van der Waals surface area contributed by atoms with Crippen LogP contribution in [0, 0.1) is 117 Å². The number of hydrogen-bond donors (Lipinski definition) is 0. The second-order valence-electron chi connectivity index (χ2n) is 17.5. The third-order valence-electron chi connectivity index (χ3n) is 15.4. The minimum Gasteiger partial charge on any atom is -0.305 e. The van der Waals surface area contributed by atoms with Crippen molar-refractivity contribution in [2.75, 3.05) is 9.80 Å². The molecule has 294 valence electrons. The van der Waals surface area contributed by atoms with Crippen molar-refractivity contribution in [1.82, 2.24) is 4.98 Å². The van der Waals surface area contributed by atoms with E-state index in [0.717, 1.165) is 35.5 Å². The summed E-state index contributed by atoms with van der Waals surface area (Å²) in [7, 11) is 0. The molecule has 0 unspecified atom stereocenters. The first-order valence-electron chi connectivity index (χ1n) is 20.9. The van der Waals surface area contributed by atoms with Crippen LogP contribution in [0.1, 0.15) is 111 Å². The Labute approximate surface area is 347 Å². The smallest absolute Gasteiger partial charge is 0.194 e. The zero-order valence-corrected chi connectivity index (χ0v) is 37.7. The van der Waals surface area contributed by atoms with E-state index in [1.54, 1.807) is 0 Å². The summed E-state index contributed by atoms with van der Waals surface area (Å²) in [6.45, 7) is 45.2. The standard InChI is InChI=1S/C54H58N4/c1-26-30(5)38(13)49-44(34(26)9)24-45-35(10)27(2)31(6)39(14)50(45)57(49)53-43(42-20-18-19-21-48(42)55-17)22-23-56-54(53)58-51-40(15)32(7)28(3)36(11)46(51)25-47-37(12)29(4)33(8)41(16)52(47)58/h18-23H,24-25H2,1-16H3. The molecule has 0 fully saturated rings. The molecule has 4 heteroatoms. The molecule has 58 heavy (non-hydrogen) atoms. The lowest BCUT2D eigenvalue weighted by Crippen LogP contribution is -2.29. The Balaban J connectivity index is 1.66. The van der Waals surface area contributed by atoms with Crippen LogP contribution in [-0.2, 0) is 12.8 Å². The van der Waals surface area contributed by atoms with Crippen molar-refractivity contribution in [2.24, 2.45) is 0 Å². The van der Waals surface area contributed by atoms with Crippen molar-refractivity contribution in [3.63, 3.8) is 0 Å². The Bertz CT molecular complexity index is 2720. The number of hydrogen-bond acceptors (Lipinski definition) is 3. The third-order valence-corrected chi connectivity index (χ3v) is 15.4. The maximum Gasteiger partial charge on any atom is 0.194 e. The Hall–Kier alpha value is -5.66. The molecule has 1 aromatic heterocycles. The largest absolute Gasteiger partial charge is 0.305 e. The summed E-state index contributed by atoms with van der Waals surface area (Å²) in [4.78, 5) is 14.9. The van der Waals surface area contributed by atoms with Gasteiger partial charge in [0.1, 0.15) is 0 Å². The normalized spacial score (nSPS) is 12.9. The lowest BCUT2D eigenvalue weighted by Gasteiger charge is -2.44. The molecule has 0 radical (unpaired) electrons. The Morgan fingerprint density at radius 3 is 1.12 bits per heavy atom. The quantitative estimate of drug-likeness (QED) is 0.168. The van der Waals surface area contributed by atoms with E-state index in [4.69, 9.17) is 11.6 Å². The van der Waals surface area contributed by atoms with Gasteiger partial charge in [-0.2, -0.15) is 0 Å². The van der Waals surface area contributed by atoms with Gasteiger partial charge in [0.05, 0.1) is 35.0 Å². The lowest BCUT2D eigenvalue weighted by molar-refractivity contribution is 0.971. The highest BCUT2D eigenvalue weighted by molar-refractivity contribution is 6.04. The highest BCUT2D eigenvalue weighted by atomic mass is 15.3. The fourth-order valence-corrected chi connectivity index (χ4v) is 10.4. The molecule has 0 bridgehead atoms. The van der Waals surface area contributed by atoms with Crippen LogP contribution in [0.15, 0.2) is 36.5 Å². The molecule has 0 saturated heterocycles. The van der Waals surface area contributed by atoms with E-state index in [1.165, 1.54) is 134 Å². The summed E-state index contributed by atoms with van der Waals surface area (Å²) in [5.41, 5.74) is 35.3. The number of rotatable bonds is 3. The van der Waals surface area contributed by atoms with Gasteiger partial charge in [-0.05, 0) is 234 Å². The lowest BCUT2D eigenvalue weighted by atomic mass is 9.80. The molecule has 2 aliphatic rings. The molecule has 0 amide bonds. The fourth-order valence-electron chi connectivity index (χ4n) is 10.4. The number of para-hydroxylation sites is 1. The summed E-state index contributed by atoms with van der Waals surface area (Å²) in [5, 5.41) is 0. The SMILES string of the molecule is [C-]#[N+]c1ccccc1-c1ccnc(N2c3c(C)c(C)c(C)c(C)c3Cc3c(C)c(C)c(C)c(C)c32)c1N1c2c(C)c(C)c(C)c(C)c2Cc2c(C)c(C)c(C)c(C)c21. The van der Waals surface area contributed by atoms with Gasteiger partial charge in [0, 0.05) is 24.6 Å². The van der Waals surface area contributed by atoms with Crippen LogP contribution in [0.5, 0.6) is 0 Å². The first-order valence-corrected chi connectivity index (χ1v) is 20.9. The summed E-state index contributed by atoms with van der Waals surface area (Å²) < 4.78 is 0. The number of benzene rings is 5. The van der Waals surface area contributed by atoms with Crippen LogP contribution >= 0.6 is 0 Å². The average Bonchev–Trinajstić information content (AvgIpc) is 3.23. The van der Waals surface area contributed by atoms with Gasteiger partial charge >= 0.3 is 0 Å². The van der Waals surface area contributed by atoms with Crippen molar-refractivity contribution in [2.45, 2.75) is 124 Å². The molecule has 0 spiro atoms. The molecular weight excluding hydrogens is 705 g/mol. The molecule has 3 heterocycles. The van der Waals surface area contributed by atoms with Crippen LogP contribution in [0.4, 0.5) is 39.9 Å². The minimum atomic E-state index is 0.635. The summed E-state index contributed by atoms with van der Waals surface area (Å²) in [6.07, 6.45) is 3.73. The number of aromatic nitrogens is 1. The molecule has 0 aliphatic carbocycles. The maximum atomic E-state index is 8.43. The Morgan fingerprint density at radius 1 is 0.397 bits per heavy atom. The number of fused-ring (bicyclic) bond motifs is 4. The zero-order valence-electron chi connectivity index (χ0n) is 37.7. The molecule has 4 nitrogen and oxygen atoms in total. The van der Waals surface area contributed by atoms with Crippen LogP contribution < -0.4 is 9.80 Å². The van der Waals surface area contributed by atoms with Crippen LogP contribution in [0.3, 0.4) is 0 Å². The van der Waals surface area contributed by atoms with E-state index in [-0.39, 0.29) is 0 Å². The van der Waals surface area contributed by atoms with Crippen molar-refractivity contribution < 1.29 is 0 Å². The topological polar surface area (TPSA) is 23.7 Å². The fraction of sp³-hybridized carbons (Fsp3) is 0.333. The van der Waals surface area contributed by atoms with E-state index >= 15 is 0 Å². The molecular formula is C54H58N4. The van der Waals surface area contributed by atoms with Crippen molar-refractivity contribution in [3.05, 3.63) is 159 Å². The summed E-state index contributed by atoms with van der Waals surface area (Å²) >= 11 is 0. The molecule has 5 aromatic carbocycles. The molecule has 0 saturated carbocycles. The number of nitrogens with zero attached hydrogens (tertiary/aromatic N) is 4. The van der Waals surface area contributed by atoms with E-state index in [0.29, 0.717) is 5.69 Å². The molecule has 0 N–H and O–H groups in total. The molecule has 6 aromatic rings. The monoisotopic (exact) mass is 762 g/mol. The Kier molecular flexibility index (Phi) is 9.28. The maximum absolute atomic E-state index is 8.43. The second-order valence-corrected chi connectivity index (χ2v) is 17.5. The van der Waals surface area contributed by atoms with Crippen molar-refractivity contribution in [1.29, 1.82) is 0 Å². The van der Waals surface area contributed by atoms with Crippen molar-refractivity contribution >= 4 is 39.9 Å². The van der Waals surface area contributed by atoms with Gasteiger partial charge in [0.15, 0.2) is 11.5 Å². The Morgan fingerprint density at radius 2 is 0.741 bits per heavy atom. The van der Waals surface area contributed by atoms with Gasteiger partial charge in [-0.1, -0.05) is 24.3 Å². The summed E-state index contributed by atoms with van der Waals surface area (Å²) in [6, 6.07) is 10.3. The zero-order chi connectivity index (χ0) is 42.0.